The number of ether oxygens (including phenoxy) is 1. The topological polar surface area (TPSA) is 68.5 Å². The molecule has 1 heterocycles. The summed E-state index contributed by atoms with van der Waals surface area (Å²) in [6, 6.07) is 8.62. The van der Waals surface area contributed by atoms with Gasteiger partial charge in [0.25, 0.3) is 5.91 Å². The summed E-state index contributed by atoms with van der Waals surface area (Å²) in [6.07, 6.45) is -0.394. The van der Waals surface area contributed by atoms with Gasteiger partial charge < -0.3 is 9.84 Å². The van der Waals surface area contributed by atoms with E-state index in [1.165, 1.54) is 10.6 Å². The summed E-state index contributed by atoms with van der Waals surface area (Å²) in [6.45, 7) is 5.14. The summed E-state index contributed by atoms with van der Waals surface area (Å²) in [7, 11) is 0. The number of phenols is 1. The largest absolute Gasteiger partial charge is 0.505 e. The highest BCUT2D eigenvalue weighted by Gasteiger charge is 2.23. The molecule has 1 N–H and O–H groups in total. The van der Waals surface area contributed by atoms with Crippen LogP contribution in [0, 0.1) is 12.7 Å². The molecular formula is C21H19ClFNO4. The molecule has 28 heavy (non-hydrogen) atoms. The summed E-state index contributed by atoms with van der Waals surface area (Å²) in [5.74, 6) is -2.28. The minimum atomic E-state index is -0.855. The molecular weight excluding hydrogens is 385 g/mol. The van der Waals surface area contributed by atoms with E-state index in [0.717, 1.165) is 6.07 Å². The Morgan fingerprint density at radius 1 is 1.21 bits per heavy atom. The zero-order valence-electron chi connectivity index (χ0n) is 15.6. The van der Waals surface area contributed by atoms with Crippen LogP contribution in [0.25, 0.3) is 10.9 Å². The van der Waals surface area contributed by atoms with Crippen LogP contribution in [0.3, 0.4) is 0 Å². The second-order valence-corrected chi connectivity index (χ2v) is 7.18. The molecule has 0 saturated carbocycles. The molecule has 0 radical (unpaired) electrons. The average Bonchev–Trinajstić information content (AvgIpc) is 2.86. The first kappa shape index (κ1) is 19.9. The maximum Gasteiger partial charge on any atom is 0.310 e. The predicted octanol–water partition coefficient (Wildman–Crippen LogP) is 4.63. The number of hydrogen-bond donors (Lipinski definition) is 1. The van der Waals surface area contributed by atoms with Gasteiger partial charge in [0.05, 0.1) is 18.0 Å². The number of fused-ring (bicyclic) bond motifs is 1. The molecule has 5 nitrogen and oxygen atoms in total. The number of hydrogen-bond acceptors (Lipinski definition) is 4. The summed E-state index contributed by atoms with van der Waals surface area (Å²) in [5.41, 5.74) is 1.59. The van der Waals surface area contributed by atoms with E-state index in [1.54, 1.807) is 45.0 Å². The average molecular weight is 404 g/mol. The Morgan fingerprint density at radius 3 is 2.46 bits per heavy atom. The van der Waals surface area contributed by atoms with Crippen LogP contribution in [-0.4, -0.2) is 27.7 Å². The Bertz CT molecular complexity index is 1070. The third kappa shape index (κ3) is 3.73. The molecule has 0 aliphatic heterocycles. The van der Waals surface area contributed by atoms with Gasteiger partial charge in [0.1, 0.15) is 0 Å². The van der Waals surface area contributed by atoms with Gasteiger partial charge in [-0.15, -0.1) is 0 Å². The lowest BCUT2D eigenvalue weighted by molar-refractivity contribution is -0.146. The quantitative estimate of drug-likeness (QED) is 0.645. The van der Waals surface area contributed by atoms with E-state index in [-0.39, 0.29) is 18.0 Å². The van der Waals surface area contributed by atoms with Gasteiger partial charge in [0.15, 0.2) is 11.6 Å². The van der Waals surface area contributed by atoms with Crippen LogP contribution >= 0.6 is 11.6 Å². The molecule has 7 heteroatoms. The Hall–Kier alpha value is -2.86. The molecule has 3 aromatic rings. The summed E-state index contributed by atoms with van der Waals surface area (Å²) in [5, 5.41) is 10.7. The molecule has 3 rings (SSSR count). The zero-order chi connectivity index (χ0) is 20.6. The third-order valence-corrected chi connectivity index (χ3v) is 4.64. The first-order valence-electron chi connectivity index (χ1n) is 8.71. The van der Waals surface area contributed by atoms with Gasteiger partial charge in [-0.25, -0.2) is 4.39 Å². The first-order chi connectivity index (χ1) is 13.2. The lowest BCUT2D eigenvalue weighted by atomic mass is 10.1. The summed E-state index contributed by atoms with van der Waals surface area (Å²) >= 11 is 5.88. The summed E-state index contributed by atoms with van der Waals surface area (Å²) in [4.78, 5) is 25.3. The van der Waals surface area contributed by atoms with E-state index < -0.39 is 23.4 Å². The van der Waals surface area contributed by atoms with E-state index in [9.17, 15) is 19.1 Å². The van der Waals surface area contributed by atoms with Crippen molar-refractivity contribution in [2.24, 2.45) is 0 Å². The molecule has 0 aliphatic carbocycles. The van der Waals surface area contributed by atoms with Crippen molar-refractivity contribution in [3.8, 4) is 5.75 Å². The maximum absolute atomic E-state index is 14.0. The number of rotatable bonds is 4. The molecule has 0 fully saturated rings. The standard InChI is InChI=1S/C21H19ClFNO4/c1-11(2)28-20(26)9-15-12(3)24(18-10-17(23)19(25)8-16(15)18)21(27)13-4-6-14(22)7-5-13/h4-8,10-11,25H,9H2,1-3H3. The van der Waals surface area contributed by atoms with E-state index in [2.05, 4.69) is 0 Å². The van der Waals surface area contributed by atoms with Crippen molar-refractivity contribution in [1.29, 1.82) is 0 Å². The van der Waals surface area contributed by atoms with Gasteiger partial charge in [0, 0.05) is 27.7 Å². The first-order valence-corrected chi connectivity index (χ1v) is 9.09. The molecule has 0 amide bonds. The fourth-order valence-corrected chi connectivity index (χ4v) is 3.27. The number of esters is 1. The van der Waals surface area contributed by atoms with Crippen LogP contribution in [0.4, 0.5) is 4.39 Å². The number of carbonyl (C=O) groups excluding carboxylic acids is 2. The predicted molar refractivity (Wildman–Crippen MR) is 104 cm³/mol. The lowest BCUT2D eigenvalue weighted by Gasteiger charge is -2.09. The van der Waals surface area contributed by atoms with Crippen LogP contribution in [0.1, 0.15) is 35.5 Å². The SMILES string of the molecule is Cc1c(CC(=O)OC(C)C)c2cc(O)c(F)cc2n1C(=O)c1ccc(Cl)cc1. The fraction of sp³-hybridized carbons (Fsp3) is 0.238. The van der Waals surface area contributed by atoms with Crippen LogP contribution in [0.15, 0.2) is 36.4 Å². The van der Waals surface area contributed by atoms with Crippen LogP contribution in [0.2, 0.25) is 5.02 Å². The van der Waals surface area contributed by atoms with Crippen molar-refractivity contribution in [3.05, 3.63) is 64.1 Å². The van der Waals surface area contributed by atoms with Crippen LogP contribution in [-0.2, 0) is 16.0 Å². The van der Waals surface area contributed by atoms with E-state index in [1.807, 2.05) is 0 Å². The van der Waals surface area contributed by atoms with Gasteiger partial charge in [-0.1, -0.05) is 11.6 Å². The smallest absolute Gasteiger partial charge is 0.310 e. The Morgan fingerprint density at radius 2 is 1.86 bits per heavy atom. The van der Waals surface area contributed by atoms with Crippen molar-refractivity contribution in [2.75, 3.05) is 0 Å². The second-order valence-electron chi connectivity index (χ2n) is 6.75. The number of halogens is 2. The fourth-order valence-electron chi connectivity index (χ4n) is 3.14. The van der Waals surface area contributed by atoms with Gasteiger partial charge in [-0.3, -0.25) is 14.2 Å². The highest BCUT2D eigenvalue weighted by molar-refractivity contribution is 6.30. The highest BCUT2D eigenvalue weighted by Crippen LogP contribution is 2.32. The Kier molecular flexibility index (Phi) is 5.42. The second kappa shape index (κ2) is 7.64. The molecule has 0 atom stereocenters. The molecule has 0 aliphatic rings. The van der Waals surface area contributed by atoms with E-state index >= 15 is 0 Å². The van der Waals surface area contributed by atoms with E-state index in [4.69, 9.17) is 16.3 Å². The molecule has 1 aromatic heterocycles. The molecule has 0 unspecified atom stereocenters. The van der Waals surface area contributed by atoms with Gasteiger partial charge >= 0.3 is 5.97 Å². The van der Waals surface area contributed by atoms with Gasteiger partial charge in [-0.2, -0.15) is 0 Å². The van der Waals surface area contributed by atoms with Gasteiger partial charge in [0.2, 0.25) is 0 Å². The highest BCUT2D eigenvalue weighted by atomic mass is 35.5. The minimum Gasteiger partial charge on any atom is -0.505 e. The maximum atomic E-state index is 14.0. The monoisotopic (exact) mass is 403 g/mol. The number of nitrogens with zero attached hydrogens (tertiary/aromatic N) is 1. The van der Waals surface area contributed by atoms with Crippen molar-refractivity contribution in [1.82, 2.24) is 4.57 Å². The molecule has 0 saturated heterocycles. The number of carbonyl (C=O) groups is 2. The van der Waals surface area contributed by atoms with Crippen LogP contribution in [0.5, 0.6) is 5.75 Å². The molecule has 0 bridgehead atoms. The van der Waals surface area contributed by atoms with Crippen molar-refractivity contribution >= 4 is 34.4 Å². The molecule has 0 spiro atoms. The Balaban J connectivity index is 2.18. The normalized spacial score (nSPS) is 11.2. The summed E-state index contributed by atoms with van der Waals surface area (Å²) < 4.78 is 20.6. The minimum absolute atomic E-state index is 0.105. The number of aromatic hydroxyl groups is 1. The van der Waals surface area contributed by atoms with Crippen molar-refractivity contribution in [3.63, 3.8) is 0 Å². The van der Waals surface area contributed by atoms with Gasteiger partial charge in [-0.05, 0) is 56.7 Å². The van der Waals surface area contributed by atoms with Crippen molar-refractivity contribution < 1.29 is 23.8 Å². The third-order valence-electron chi connectivity index (χ3n) is 4.39. The lowest BCUT2D eigenvalue weighted by Crippen LogP contribution is -2.16. The number of benzene rings is 2. The Labute approximate surface area is 166 Å². The molecule has 146 valence electrons. The van der Waals surface area contributed by atoms with Crippen molar-refractivity contribution in [2.45, 2.75) is 33.3 Å². The number of aromatic nitrogens is 1. The van der Waals surface area contributed by atoms with E-state index in [0.29, 0.717) is 27.2 Å². The van der Waals surface area contributed by atoms with Crippen LogP contribution < -0.4 is 0 Å². The molecule has 2 aromatic carbocycles. The zero-order valence-corrected chi connectivity index (χ0v) is 16.4. The number of phenolic OH excluding ortho intramolecular Hbond substituents is 1.